The summed E-state index contributed by atoms with van der Waals surface area (Å²) in [6, 6.07) is 10.5. The Morgan fingerprint density at radius 1 is 1.28 bits per heavy atom. The smallest absolute Gasteiger partial charge is 0.0963 e. The summed E-state index contributed by atoms with van der Waals surface area (Å²) in [5, 5.41) is 10.1. The average Bonchev–Trinajstić information content (AvgIpc) is 3.24. The fourth-order valence-corrected chi connectivity index (χ4v) is 2.66. The van der Waals surface area contributed by atoms with Gasteiger partial charge in [0.05, 0.1) is 18.8 Å². The van der Waals surface area contributed by atoms with Crippen LogP contribution in [0.25, 0.3) is 0 Å². The first-order valence-corrected chi connectivity index (χ1v) is 6.89. The van der Waals surface area contributed by atoms with E-state index in [1.807, 2.05) is 6.07 Å². The summed E-state index contributed by atoms with van der Waals surface area (Å²) in [5.74, 6) is 0.492. The molecule has 0 unspecified atom stereocenters. The molecule has 1 aromatic rings. The highest BCUT2D eigenvalue weighted by Crippen LogP contribution is 2.35. The second-order valence-electron chi connectivity index (χ2n) is 5.46. The summed E-state index contributed by atoms with van der Waals surface area (Å²) in [6.07, 6.45) is 2.08. The molecule has 98 valence electrons. The van der Waals surface area contributed by atoms with E-state index in [1.54, 1.807) is 0 Å². The molecule has 3 heteroatoms. The Balaban J connectivity index is 1.56. The molecule has 1 heterocycles. The van der Waals surface area contributed by atoms with Crippen molar-refractivity contribution in [2.24, 2.45) is 5.92 Å². The van der Waals surface area contributed by atoms with Gasteiger partial charge in [0, 0.05) is 19.6 Å². The summed E-state index contributed by atoms with van der Waals surface area (Å²) in [7, 11) is 0. The number of morpholine rings is 1. The maximum atomic E-state index is 10.1. The monoisotopic (exact) mass is 247 g/mol. The lowest BCUT2D eigenvalue weighted by Crippen LogP contribution is -2.47. The van der Waals surface area contributed by atoms with E-state index in [-0.39, 0.29) is 12.2 Å². The lowest BCUT2D eigenvalue weighted by molar-refractivity contribution is -0.0964. The molecule has 3 nitrogen and oxygen atoms in total. The molecule has 1 aliphatic carbocycles. The maximum Gasteiger partial charge on any atom is 0.0963 e. The second-order valence-corrected chi connectivity index (χ2v) is 5.46. The van der Waals surface area contributed by atoms with E-state index < -0.39 is 0 Å². The topological polar surface area (TPSA) is 32.7 Å². The normalized spacial score (nSPS) is 27.1. The number of nitrogens with zero attached hydrogens (tertiary/aromatic N) is 1. The lowest BCUT2D eigenvalue weighted by Gasteiger charge is -2.35. The Morgan fingerprint density at radius 3 is 2.78 bits per heavy atom. The van der Waals surface area contributed by atoms with E-state index >= 15 is 0 Å². The van der Waals surface area contributed by atoms with Crippen LogP contribution in [0, 0.1) is 5.92 Å². The molecule has 0 amide bonds. The van der Waals surface area contributed by atoms with E-state index in [2.05, 4.69) is 29.2 Å². The third-order valence-corrected chi connectivity index (χ3v) is 3.91. The van der Waals surface area contributed by atoms with Gasteiger partial charge < -0.3 is 9.84 Å². The molecule has 0 radical (unpaired) electrons. The van der Waals surface area contributed by atoms with Crippen LogP contribution in [0.15, 0.2) is 30.3 Å². The number of benzene rings is 1. The summed E-state index contributed by atoms with van der Waals surface area (Å²) < 4.78 is 5.72. The zero-order chi connectivity index (χ0) is 12.4. The first kappa shape index (κ1) is 12.2. The van der Waals surface area contributed by atoms with Crippen molar-refractivity contribution < 1.29 is 9.84 Å². The standard InChI is InChI=1S/C15H21NO2/c17-15(13-6-7-13)14-11-16(8-9-18-14)10-12-4-2-1-3-5-12/h1-5,13-15,17H,6-11H2/t14-,15+/m1/s1. The van der Waals surface area contributed by atoms with E-state index in [0.717, 1.165) is 26.2 Å². The highest BCUT2D eigenvalue weighted by molar-refractivity contribution is 5.14. The van der Waals surface area contributed by atoms with Gasteiger partial charge >= 0.3 is 0 Å². The minimum atomic E-state index is -0.261. The third kappa shape index (κ3) is 2.91. The molecule has 2 atom stereocenters. The highest BCUT2D eigenvalue weighted by Gasteiger charge is 2.37. The van der Waals surface area contributed by atoms with Crippen molar-refractivity contribution in [1.29, 1.82) is 0 Å². The van der Waals surface area contributed by atoms with Crippen molar-refractivity contribution in [3.63, 3.8) is 0 Å². The predicted molar refractivity (Wildman–Crippen MR) is 70.2 cm³/mol. The molecule has 1 N–H and O–H groups in total. The summed E-state index contributed by atoms with van der Waals surface area (Å²) >= 11 is 0. The van der Waals surface area contributed by atoms with Gasteiger partial charge in [-0.3, -0.25) is 4.90 Å². The van der Waals surface area contributed by atoms with Gasteiger partial charge in [0.25, 0.3) is 0 Å². The minimum Gasteiger partial charge on any atom is -0.390 e. The van der Waals surface area contributed by atoms with Crippen LogP contribution in [-0.2, 0) is 11.3 Å². The molecule has 3 rings (SSSR count). The molecule has 0 bridgehead atoms. The van der Waals surface area contributed by atoms with Gasteiger partial charge in [0.1, 0.15) is 0 Å². The minimum absolute atomic E-state index is 0.00922. The molecule has 18 heavy (non-hydrogen) atoms. The second kappa shape index (κ2) is 5.39. The molecular weight excluding hydrogens is 226 g/mol. The quantitative estimate of drug-likeness (QED) is 0.878. The fourth-order valence-electron chi connectivity index (χ4n) is 2.66. The summed E-state index contributed by atoms with van der Waals surface area (Å²) in [4.78, 5) is 2.38. The Bertz CT molecular complexity index is 377. The van der Waals surface area contributed by atoms with Crippen LogP contribution in [0.3, 0.4) is 0 Å². The van der Waals surface area contributed by atoms with E-state index in [9.17, 15) is 5.11 Å². The molecule has 1 saturated heterocycles. The number of hydrogen-bond donors (Lipinski definition) is 1. The van der Waals surface area contributed by atoms with Gasteiger partial charge in [0.15, 0.2) is 0 Å². The van der Waals surface area contributed by atoms with E-state index in [4.69, 9.17) is 4.74 Å². The molecule has 1 saturated carbocycles. The molecular formula is C15H21NO2. The molecule has 2 fully saturated rings. The van der Waals surface area contributed by atoms with Crippen LogP contribution in [0.2, 0.25) is 0 Å². The largest absolute Gasteiger partial charge is 0.390 e. The zero-order valence-electron chi connectivity index (χ0n) is 10.7. The van der Waals surface area contributed by atoms with Crippen LogP contribution in [-0.4, -0.2) is 41.9 Å². The van der Waals surface area contributed by atoms with Crippen LogP contribution < -0.4 is 0 Å². The van der Waals surface area contributed by atoms with Crippen molar-refractivity contribution in [3.05, 3.63) is 35.9 Å². The van der Waals surface area contributed by atoms with Crippen molar-refractivity contribution in [2.75, 3.05) is 19.7 Å². The number of hydrogen-bond acceptors (Lipinski definition) is 3. The Morgan fingerprint density at radius 2 is 2.06 bits per heavy atom. The predicted octanol–water partition coefficient (Wildman–Crippen LogP) is 1.66. The van der Waals surface area contributed by atoms with Crippen molar-refractivity contribution >= 4 is 0 Å². The number of rotatable bonds is 4. The van der Waals surface area contributed by atoms with Gasteiger partial charge in [0.2, 0.25) is 0 Å². The SMILES string of the molecule is O[C@@H](C1CC1)[C@H]1CN(Cc2ccccc2)CCO1. The Kier molecular flexibility index (Phi) is 3.64. The maximum absolute atomic E-state index is 10.1. The summed E-state index contributed by atoms with van der Waals surface area (Å²) in [5.41, 5.74) is 1.33. The molecule has 1 aromatic carbocycles. The average molecular weight is 247 g/mol. The van der Waals surface area contributed by atoms with Crippen molar-refractivity contribution in [1.82, 2.24) is 4.90 Å². The Hall–Kier alpha value is -0.900. The summed E-state index contributed by atoms with van der Waals surface area (Å²) in [6.45, 7) is 3.51. The first-order chi connectivity index (χ1) is 8.83. The molecule has 0 aromatic heterocycles. The fraction of sp³-hybridized carbons (Fsp3) is 0.600. The third-order valence-electron chi connectivity index (χ3n) is 3.91. The van der Waals surface area contributed by atoms with Gasteiger partial charge in [-0.1, -0.05) is 30.3 Å². The number of aliphatic hydroxyl groups is 1. The lowest BCUT2D eigenvalue weighted by atomic mass is 10.1. The number of aliphatic hydroxyl groups excluding tert-OH is 1. The van der Waals surface area contributed by atoms with Crippen LogP contribution in [0.5, 0.6) is 0 Å². The van der Waals surface area contributed by atoms with Crippen LogP contribution in [0.1, 0.15) is 18.4 Å². The van der Waals surface area contributed by atoms with Gasteiger partial charge in [-0.15, -0.1) is 0 Å². The van der Waals surface area contributed by atoms with E-state index in [0.29, 0.717) is 5.92 Å². The zero-order valence-corrected chi connectivity index (χ0v) is 10.7. The Labute approximate surface area is 108 Å². The van der Waals surface area contributed by atoms with Crippen LogP contribution in [0.4, 0.5) is 0 Å². The van der Waals surface area contributed by atoms with Gasteiger partial charge in [-0.05, 0) is 24.3 Å². The first-order valence-electron chi connectivity index (χ1n) is 6.89. The highest BCUT2D eigenvalue weighted by atomic mass is 16.5. The van der Waals surface area contributed by atoms with E-state index in [1.165, 1.54) is 18.4 Å². The molecule has 0 spiro atoms. The van der Waals surface area contributed by atoms with Crippen molar-refractivity contribution in [3.8, 4) is 0 Å². The number of ether oxygens (including phenoxy) is 1. The molecule has 2 aliphatic rings. The van der Waals surface area contributed by atoms with Crippen LogP contribution >= 0.6 is 0 Å². The van der Waals surface area contributed by atoms with Gasteiger partial charge in [-0.2, -0.15) is 0 Å². The van der Waals surface area contributed by atoms with Gasteiger partial charge in [-0.25, -0.2) is 0 Å². The molecule has 1 aliphatic heterocycles. The van der Waals surface area contributed by atoms with Crippen molar-refractivity contribution in [2.45, 2.75) is 31.6 Å².